The first-order valence-corrected chi connectivity index (χ1v) is 8.36. The molecule has 0 aliphatic heterocycles. The molecule has 72 valence electrons. The second-order valence-electron chi connectivity index (χ2n) is 2.60. The molecule has 0 saturated heterocycles. The van der Waals surface area contributed by atoms with Crippen molar-refractivity contribution in [2.24, 2.45) is 0 Å². The van der Waals surface area contributed by atoms with E-state index in [4.69, 9.17) is 0 Å². The third-order valence-electron chi connectivity index (χ3n) is 1.62. The molecule has 0 heterocycles. The summed E-state index contributed by atoms with van der Waals surface area (Å²) in [6.07, 6.45) is 1.27. The fraction of sp³-hybridized carbons (Fsp3) is 0.750. The Bertz CT molecular complexity index is 156. The Morgan fingerprint density at radius 2 is 1.38 bits per heavy atom. The molecule has 0 aromatic heterocycles. The first-order valence-electron chi connectivity index (χ1n) is 4.32. The molecule has 2 N–H and O–H groups in total. The summed E-state index contributed by atoms with van der Waals surface area (Å²) in [5, 5.41) is 5.17. The van der Waals surface area contributed by atoms with Gasteiger partial charge in [0.2, 0.25) is 0 Å². The second-order valence-corrected chi connectivity index (χ2v) is 6.88. The van der Waals surface area contributed by atoms with Gasteiger partial charge in [-0.2, -0.15) is 0 Å². The van der Waals surface area contributed by atoms with Crippen LogP contribution in [-0.2, 0) is 9.59 Å². The van der Waals surface area contributed by atoms with Crippen LogP contribution in [0.2, 0.25) is 8.87 Å². The molecule has 0 radical (unpaired) electrons. The van der Waals surface area contributed by atoms with E-state index in [0.717, 1.165) is 8.87 Å². The Balaban J connectivity index is 3.17. The predicted octanol–water partition coefficient (Wildman–Crippen LogP) is -0.201. The van der Waals surface area contributed by atoms with Crippen LogP contribution in [0, 0.1) is 0 Å². The van der Waals surface area contributed by atoms with Crippen molar-refractivity contribution in [3.63, 3.8) is 0 Å². The zero-order valence-corrected chi connectivity index (χ0v) is 11.0. The van der Waals surface area contributed by atoms with Crippen LogP contribution in [0.1, 0.15) is 12.8 Å². The fourth-order valence-corrected chi connectivity index (χ4v) is 3.80. The summed E-state index contributed by atoms with van der Waals surface area (Å²) in [5.74, 6) is 0.224. The molecule has 0 aliphatic carbocycles. The number of hydrogen-bond donors (Lipinski definition) is 2. The second kappa shape index (κ2) is 8.34. The number of amides is 2. The van der Waals surface area contributed by atoms with Gasteiger partial charge in [0, 0.05) is 0 Å². The predicted molar refractivity (Wildman–Crippen MR) is 52.7 cm³/mol. The van der Waals surface area contributed by atoms with E-state index in [-0.39, 0.29) is 11.8 Å². The van der Waals surface area contributed by atoms with Crippen LogP contribution in [-0.4, -0.2) is 47.1 Å². The SMILES string of the molecule is CNC(=O)C[CH2][Sn+2][CH2]CC(=O)NC. The van der Waals surface area contributed by atoms with E-state index in [1.54, 1.807) is 14.1 Å². The molecule has 0 aromatic carbocycles. The van der Waals surface area contributed by atoms with Gasteiger partial charge in [-0.3, -0.25) is 0 Å². The van der Waals surface area contributed by atoms with Crippen molar-refractivity contribution >= 4 is 33.0 Å². The molecule has 4 nitrogen and oxygen atoms in total. The van der Waals surface area contributed by atoms with Crippen LogP contribution in [0.4, 0.5) is 0 Å². The molecule has 0 aromatic rings. The van der Waals surface area contributed by atoms with Crippen LogP contribution in [0.15, 0.2) is 0 Å². The van der Waals surface area contributed by atoms with Gasteiger partial charge in [0.05, 0.1) is 0 Å². The standard InChI is InChI=1S/2C4H8NO.Sn/c2*1-3-4(6)5-2;/h2*1,3H2,2H3,(H,5,6);/q;;+2. The molecule has 0 rings (SSSR count). The summed E-state index contributed by atoms with van der Waals surface area (Å²) in [7, 11) is 3.30. The number of carbonyl (C=O) groups excluding carboxylic acids is 2. The van der Waals surface area contributed by atoms with Crippen LogP contribution in [0.5, 0.6) is 0 Å². The van der Waals surface area contributed by atoms with Crippen molar-refractivity contribution in [2.45, 2.75) is 21.7 Å². The van der Waals surface area contributed by atoms with Crippen molar-refractivity contribution < 1.29 is 9.59 Å². The van der Waals surface area contributed by atoms with Crippen LogP contribution in [0.25, 0.3) is 0 Å². The van der Waals surface area contributed by atoms with E-state index in [9.17, 15) is 9.59 Å². The average molecular weight is 291 g/mol. The van der Waals surface area contributed by atoms with Gasteiger partial charge in [-0.1, -0.05) is 0 Å². The summed E-state index contributed by atoms with van der Waals surface area (Å²) >= 11 is -0.471. The number of carbonyl (C=O) groups is 2. The zero-order valence-electron chi connectivity index (χ0n) is 8.14. The summed E-state index contributed by atoms with van der Waals surface area (Å²) in [6, 6.07) is 0. The molecule has 2 amide bonds. The fourth-order valence-electron chi connectivity index (χ4n) is 0.779. The monoisotopic (exact) mass is 292 g/mol. The Labute approximate surface area is 89.1 Å². The van der Waals surface area contributed by atoms with E-state index in [1.807, 2.05) is 0 Å². The Morgan fingerprint density at radius 1 is 1.00 bits per heavy atom. The molecular weight excluding hydrogens is 275 g/mol. The van der Waals surface area contributed by atoms with Crippen LogP contribution < -0.4 is 10.6 Å². The summed E-state index contributed by atoms with van der Waals surface area (Å²) in [4.78, 5) is 21.6. The van der Waals surface area contributed by atoms with Crippen LogP contribution >= 0.6 is 0 Å². The Hall–Kier alpha value is -0.261. The molecule has 5 heteroatoms. The molecule has 0 saturated carbocycles. The first-order chi connectivity index (χ1) is 6.20. The molecule has 13 heavy (non-hydrogen) atoms. The van der Waals surface area contributed by atoms with Crippen LogP contribution in [0.3, 0.4) is 0 Å². The minimum atomic E-state index is -0.471. The van der Waals surface area contributed by atoms with Gasteiger partial charge in [-0.25, -0.2) is 0 Å². The van der Waals surface area contributed by atoms with Crippen molar-refractivity contribution in [3.05, 3.63) is 0 Å². The number of hydrogen-bond acceptors (Lipinski definition) is 2. The summed E-state index contributed by atoms with van der Waals surface area (Å²) in [5.41, 5.74) is 0. The molecule has 0 spiro atoms. The molecule has 0 fully saturated rings. The van der Waals surface area contributed by atoms with Gasteiger partial charge in [-0.15, -0.1) is 0 Å². The van der Waals surface area contributed by atoms with Crippen molar-refractivity contribution in [1.29, 1.82) is 0 Å². The van der Waals surface area contributed by atoms with Gasteiger partial charge in [0.15, 0.2) is 0 Å². The normalized spacial score (nSPS) is 8.77. The van der Waals surface area contributed by atoms with Gasteiger partial charge < -0.3 is 0 Å². The molecule has 0 bridgehead atoms. The molecule has 0 aliphatic rings. The zero-order chi connectivity index (χ0) is 10.1. The van der Waals surface area contributed by atoms with Gasteiger partial charge in [-0.05, 0) is 0 Å². The molecule has 0 unspecified atom stereocenters. The van der Waals surface area contributed by atoms with E-state index >= 15 is 0 Å². The number of rotatable bonds is 6. The van der Waals surface area contributed by atoms with E-state index < -0.39 is 21.1 Å². The third kappa shape index (κ3) is 8.08. The van der Waals surface area contributed by atoms with Crippen molar-refractivity contribution in [2.75, 3.05) is 14.1 Å². The van der Waals surface area contributed by atoms with Crippen molar-refractivity contribution in [3.8, 4) is 0 Å². The summed E-state index contributed by atoms with van der Waals surface area (Å²) in [6.45, 7) is 0. The molecular formula is C8H16N2O2Sn+2. The van der Waals surface area contributed by atoms with Gasteiger partial charge in [0.25, 0.3) is 0 Å². The van der Waals surface area contributed by atoms with E-state index in [2.05, 4.69) is 10.6 Å². The van der Waals surface area contributed by atoms with Gasteiger partial charge in [0.1, 0.15) is 0 Å². The molecule has 0 atom stereocenters. The van der Waals surface area contributed by atoms with E-state index in [1.165, 1.54) is 0 Å². The Morgan fingerprint density at radius 3 is 1.69 bits per heavy atom. The van der Waals surface area contributed by atoms with Crippen molar-refractivity contribution in [1.82, 2.24) is 10.6 Å². The first kappa shape index (κ1) is 12.7. The van der Waals surface area contributed by atoms with E-state index in [0.29, 0.717) is 12.8 Å². The average Bonchev–Trinajstić information content (AvgIpc) is 2.16. The Kier molecular flexibility index (Phi) is 8.17. The maximum atomic E-state index is 10.8. The topological polar surface area (TPSA) is 58.2 Å². The quantitative estimate of drug-likeness (QED) is 0.526. The number of nitrogens with one attached hydrogen (secondary N) is 2. The van der Waals surface area contributed by atoms with Gasteiger partial charge >= 0.3 is 89.0 Å². The third-order valence-corrected chi connectivity index (χ3v) is 5.06. The minimum absolute atomic E-state index is 0.112. The summed E-state index contributed by atoms with van der Waals surface area (Å²) < 4.78 is 2.06. The maximum absolute atomic E-state index is 10.8.